The van der Waals surface area contributed by atoms with Crippen LogP contribution in [0, 0.1) is 0 Å². The van der Waals surface area contributed by atoms with E-state index in [1.807, 2.05) is 29.0 Å². The van der Waals surface area contributed by atoms with Crippen LogP contribution < -0.4 is 10.2 Å². The number of nitrogens with zero attached hydrogens (tertiary/aromatic N) is 2. The molecule has 0 spiro atoms. The number of anilines is 1. The lowest BCUT2D eigenvalue weighted by atomic mass is 10.1. The van der Waals surface area contributed by atoms with Gasteiger partial charge >= 0.3 is 0 Å². The predicted molar refractivity (Wildman–Crippen MR) is 136 cm³/mol. The monoisotopic (exact) mass is 497 g/mol. The van der Waals surface area contributed by atoms with E-state index < -0.39 is 5.91 Å². The van der Waals surface area contributed by atoms with Gasteiger partial charge in [-0.3, -0.25) is 14.4 Å². The zero-order chi connectivity index (χ0) is 24.2. The number of aromatic nitrogens is 1. The van der Waals surface area contributed by atoms with Crippen LogP contribution in [0.5, 0.6) is 0 Å². The maximum Gasteiger partial charge on any atom is 0.298 e. The van der Waals surface area contributed by atoms with E-state index in [1.54, 1.807) is 37.5 Å². The normalized spacial score (nSPS) is 15.0. The van der Waals surface area contributed by atoms with Crippen molar-refractivity contribution in [3.8, 4) is 0 Å². The summed E-state index contributed by atoms with van der Waals surface area (Å²) in [5, 5.41) is 3.82. The van der Waals surface area contributed by atoms with Crippen molar-refractivity contribution >= 4 is 63.1 Å². The predicted octanol–water partition coefficient (Wildman–Crippen LogP) is 4.86. The van der Waals surface area contributed by atoms with Gasteiger partial charge in [-0.25, -0.2) is 4.90 Å². The number of imide groups is 1. The molecule has 0 unspecified atom stereocenters. The number of para-hydroxylation sites is 1. The van der Waals surface area contributed by atoms with Gasteiger partial charge in [0.15, 0.2) is 0 Å². The first-order valence-corrected chi connectivity index (χ1v) is 12.0. The molecular formula is C25H24ClN3O4S. The molecule has 1 saturated heterocycles. The molecule has 0 radical (unpaired) electrons. The number of halogens is 1. The molecule has 9 heteroatoms. The number of hydrogen-bond donors (Lipinski definition) is 1. The van der Waals surface area contributed by atoms with E-state index in [2.05, 4.69) is 12.2 Å². The summed E-state index contributed by atoms with van der Waals surface area (Å²) in [4.78, 5) is 39.7. The fourth-order valence-corrected chi connectivity index (χ4v) is 4.96. The van der Waals surface area contributed by atoms with Crippen molar-refractivity contribution in [1.82, 2.24) is 9.88 Å². The minimum Gasteiger partial charge on any atom is -0.383 e. The Hall–Kier alpha value is -3.07. The molecule has 7 nitrogen and oxygen atoms in total. The van der Waals surface area contributed by atoms with Crippen molar-refractivity contribution in [2.75, 3.05) is 25.2 Å². The van der Waals surface area contributed by atoms with Crippen molar-refractivity contribution in [2.45, 2.75) is 19.9 Å². The maximum atomic E-state index is 13.1. The number of hydrogen-bond acceptors (Lipinski definition) is 5. The van der Waals surface area contributed by atoms with E-state index in [-0.39, 0.29) is 17.7 Å². The van der Waals surface area contributed by atoms with Gasteiger partial charge in [0.1, 0.15) is 6.54 Å². The van der Waals surface area contributed by atoms with Gasteiger partial charge < -0.3 is 14.6 Å². The Morgan fingerprint density at radius 3 is 2.74 bits per heavy atom. The van der Waals surface area contributed by atoms with Crippen LogP contribution in [0.2, 0.25) is 5.02 Å². The molecule has 176 valence electrons. The molecule has 1 fully saturated rings. The topological polar surface area (TPSA) is 80.6 Å². The molecule has 34 heavy (non-hydrogen) atoms. The van der Waals surface area contributed by atoms with Gasteiger partial charge in [-0.05, 0) is 48.0 Å². The molecule has 1 aliphatic rings. The molecule has 0 bridgehead atoms. The summed E-state index contributed by atoms with van der Waals surface area (Å²) >= 11 is 6.94. The van der Waals surface area contributed by atoms with Gasteiger partial charge in [-0.2, -0.15) is 0 Å². The van der Waals surface area contributed by atoms with Gasteiger partial charge in [-0.1, -0.05) is 42.8 Å². The van der Waals surface area contributed by atoms with Gasteiger partial charge in [0.2, 0.25) is 5.91 Å². The largest absolute Gasteiger partial charge is 0.383 e. The van der Waals surface area contributed by atoms with Crippen LogP contribution >= 0.6 is 23.4 Å². The molecule has 4 rings (SSSR count). The zero-order valence-electron chi connectivity index (χ0n) is 18.8. The number of carbonyl (C=O) groups is 3. The summed E-state index contributed by atoms with van der Waals surface area (Å²) in [5.74, 6) is -0.533. The Kier molecular flexibility index (Phi) is 7.41. The maximum absolute atomic E-state index is 13.1. The quantitative estimate of drug-likeness (QED) is 0.355. The molecule has 3 aromatic rings. The van der Waals surface area contributed by atoms with Crippen LogP contribution in [-0.4, -0.2) is 41.9 Å². The number of benzene rings is 2. The van der Waals surface area contributed by atoms with E-state index in [0.29, 0.717) is 28.8 Å². The second-order valence-corrected chi connectivity index (χ2v) is 9.15. The molecule has 0 atom stereocenters. The van der Waals surface area contributed by atoms with Crippen molar-refractivity contribution in [2.24, 2.45) is 0 Å². The molecule has 3 amide bonds. The fraction of sp³-hybridized carbons (Fsp3) is 0.240. The molecule has 1 N–H and O–H groups in total. The summed E-state index contributed by atoms with van der Waals surface area (Å²) in [6, 6.07) is 12.6. The Balaban J connectivity index is 1.70. The lowest BCUT2D eigenvalue weighted by molar-refractivity contribution is -0.121. The Bertz CT molecular complexity index is 1300. The summed E-state index contributed by atoms with van der Waals surface area (Å²) in [7, 11) is 1.58. The molecule has 2 heterocycles. The van der Waals surface area contributed by atoms with Gasteiger partial charge in [0, 0.05) is 35.8 Å². The highest BCUT2D eigenvalue weighted by Crippen LogP contribution is 2.37. The molecule has 0 aliphatic carbocycles. The van der Waals surface area contributed by atoms with E-state index >= 15 is 0 Å². The second kappa shape index (κ2) is 10.5. The first-order chi connectivity index (χ1) is 16.4. The average Bonchev–Trinajstić information content (AvgIpc) is 3.30. The molecular weight excluding hydrogens is 474 g/mol. The van der Waals surface area contributed by atoms with Crippen LogP contribution in [0.3, 0.4) is 0 Å². The second-order valence-electron chi connectivity index (χ2n) is 7.72. The van der Waals surface area contributed by atoms with Crippen LogP contribution in [0.15, 0.2) is 53.6 Å². The zero-order valence-corrected chi connectivity index (χ0v) is 20.4. The van der Waals surface area contributed by atoms with E-state index in [1.165, 1.54) is 0 Å². The lowest BCUT2D eigenvalue weighted by Gasteiger charge is -2.12. The highest BCUT2D eigenvalue weighted by Gasteiger charge is 2.36. The summed E-state index contributed by atoms with van der Waals surface area (Å²) < 4.78 is 6.88. The standard InChI is InChI=1S/C25H24ClN3O4S/c1-3-16-6-4-9-20-17(14-28(23(16)20)15-22(30)27-10-11-33-2)12-21-24(31)29(25(32)34-21)19-8-5-7-18(26)13-19/h4-9,12-14H,3,10-11,15H2,1-2H3,(H,27,30)/b21-12-. The van der Waals surface area contributed by atoms with E-state index in [4.69, 9.17) is 16.3 Å². The van der Waals surface area contributed by atoms with Crippen molar-refractivity contribution in [3.63, 3.8) is 0 Å². The summed E-state index contributed by atoms with van der Waals surface area (Å²) in [6.45, 7) is 3.06. The number of amides is 3. The summed E-state index contributed by atoms with van der Waals surface area (Å²) in [5.41, 5.74) is 3.23. The number of nitrogens with one attached hydrogen (secondary N) is 1. The Morgan fingerprint density at radius 1 is 1.21 bits per heavy atom. The number of ether oxygens (including phenoxy) is 1. The Morgan fingerprint density at radius 2 is 2.00 bits per heavy atom. The minimum absolute atomic E-state index is 0.132. The van der Waals surface area contributed by atoms with Crippen LogP contribution in [-0.2, 0) is 27.3 Å². The highest BCUT2D eigenvalue weighted by atomic mass is 35.5. The summed E-state index contributed by atoms with van der Waals surface area (Å²) in [6.07, 6.45) is 4.36. The average molecular weight is 498 g/mol. The third-order valence-electron chi connectivity index (χ3n) is 5.48. The number of carbonyl (C=O) groups excluding carboxylic acids is 3. The third-order valence-corrected chi connectivity index (χ3v) is 6.59. The van der Waals surface area contributed by atoms with E-state index in [0.717, 1.165) is 45.1 Å². The smallest absolute Gasteiger partial charge is 0.298 e. The first-order valence-electron chi connectivity index (χ1n) is 10.8. The first kappa shape index (κ1) is 24.1. The van der Waals surface area contributed by atoms with Crippen LogP contribution in [0.25, 0.3) is 17.0 Å². The SMILES string of the molecule is CCc1cccc2c(/C=C3\SC(=O)N(c4cccc(Cl)c4)C3=O)cn(CC(=O)NCCOC)c12. The number of thioether (sulfide) groups is 1. The molecule has 1 aliphatic heterocycles. The van der Waals surface area contributed by atoms with Crippen molar-refractivity contribution in [1.29, 1.82) is 0 Å². The highest BCUT2D eigenvalue weighted by molar-refractivity contribution is 8.19. The van der Waals surface area contributed by atoms with E-state index in [9.17, 15) is 14.4 Å². The van der Waals surface area contributed by atoms with Crippen LogP contribution in [0.1, 0.15) is 18.1 Å². The lowest BCUT2D eigenvalue weighted by Crippen LogP contribution is -2.30. The fourth-order valence-electron chi connectivity index (χ4n) is 3.94. The minimum atomic E-state index is -0.401. The number of fused-ring (bicyclic) bond motifs is 1. The van der Waals surface area contributed by atoms with Gasteiger partial charge in [-0.15, -0.1) is 0 Å². The van der Waals surface area contributed by atoms with Crippen LogP contribution in [0.4, 0.5) is 10.5 Å². The molecule has 1 aromatic heterocycles. The number of rotatable bonds is 8. The van der Waals surface area contributed by atoms with Gasteiger partial charge in [0.25, 0.3) is 11.1 Å². The number of methoxy groups -OCH3 is 1. The molecule has 2 aromatic carbocycles. The molecule has 0 saturated carbocycles. The van der Waals surface area contributed by atoms with Crippen molar-refractivity contribution in [3.05, 3.63) is 69.7 Å². The Labute approximate surface area is 206 Å². The third kappa shape index (κ3) is 4.89. The van der Waals surface area contributed by atoms with Crippen molar-refractivity contribution < 1.29 is 19.1 Å². The number of aryl methyl sites for hydroxylation is 1. The van der Waals surface area contributed by atoms with Gasteiger partial charge in [0.05, 0.1) is 22.7 Å².